The molecule has 1 aromatic carbocycles. The molecule has 2 atom stereocenters. The summed E-state index contributed by atoms with van der Waals surface area (Å²) in [5, 5.41) is 6.28. The number of benzene rings is 1. The molecule has 31 heavy (non-hydrogen) atoms. The Morgan fingerprint density at radius 1 is 1.13 bits per heavy atom. The molecule has 5 rings (SSSR count). The lowest BCUT2D eigenvalue weighted by atomic mass is 9.94. The van der Waals surface area contributed by atoms with Crippen molar-refractivity contribution in [1.82, 2.24) is 25.2 Å². The lowest BCUT2D eigenvalue weighted by Crippen LogP contribution is -2.51. The SMILES string of the molecule is CC1(C)C2=C(CN1C(=O)NC1CC1c1ccccc1)C(Nc1nc(Cl)nc(Cl)n1)=NC2. The smallest absolute Gasteiger partial charge is 0.318 e. The molecule has 2 amide bonds. The van der Waals surface area contributed by atoms with Crippen LogP contribution in [0.3, 0.4) is 0 Å². The average Bonchev–Trinajstić information content (AvgIpc) is 3.27. The van der Waals surface area contributed by atoms with Crippen molar-refractivity contribution in [3.05, 3.63) is 57.6 Å². The third kappa shape index (κ3) is 3.74. The van der Waals surface area contributed by atoms with Crippen LogP contribution >= 0.6 is 23.2 Å². The Hall–Kier alpha value is -2.71. The van der Waals surface area contributed by atoms with Gasteiger partial charge in [0.15, 0.2) is 0 Å². The quantitative estimate of drug-likeness (QED) is 0.732. The van der Waals surface area contributed by atoms with Crippen LogP contribution in [0.15, 0.2) is 46.5 Å². The normalized spacial score (nSPS) is 23.5. The molecule has 3 aliphatic rings. The minimum atomic E-state index is -0.447. The highest BCUT2D eigenvalue weighted by Gasteiger charge is 2.47. The number of halogens is 2. The summed E-state index contributed by atoms with van der Waals surface area (Å²) in [6, 6.07) is 10.4. The predicted octanol–water partition coefficient (Wildman–Crippen LogP) is 3.66. The van der Waals surface area contributed by atoms with Crippen LogP contribution in [0.4, 0.5) is 10.7 Å². The second kappa shape index (κ2) is 7.46. The summed E-state index contributed by atoms with van der Waals surface area (Å²) in [5.41, 5.74) is 2.90. The zero-order chi connectivity index (χ0) is 21.8. The van der Waals surface area contributed by atoms with E-state index in [-0.39, 0.29) is 28.6 Å². The molecule has 2 aromatic rings. The summed E-state index contributed by atoms with van der Waals surface area (Å²) in [7, 11) is 0. The van der Waals surface area contributed by atoms with E-state index >= 15 is 0 Å². The van der Waals surface area contributed by atoms with Gasteiger partial charge in [0.1, 0.15) is 5.84 Å². The van der Waals surface area contributed by atoms with Crippen molar-refractivity contribution in [1.29, 1.82) is 0 Å². The van der Waals surface area contributed by atoms with Gasteiger partial charge >= 0.3 is 6.03 Å². The van der Waals surface area contributed by atoms with Crippen molar-refractivity contribution < 1.29 is 4.79 Å². The number of aliphatic imine (C=N–C) groups is 1. The first-order valence-corrected chi connectivity index (χ1v) is 10.8. The van der Waals surface area contributed by atoms with Crippen molar-refractivity contribution >= 4 is 41.0 Å². The molecule has 0 spiro atoms. The number of nitrogens with zero attached hydrogens (tertiary/aromatic N) is 5. The van der Waals surface area contributed by atoms with Gasteiger partial charge in [-0.3, -0.25) is 4.99 Å². The van der Waals surface area contributed by atoms with Gasteiger partial charge in [-0.05, 0) is 54.6 Å². The number of rotatable bonds is 3. The molecule has 2 aliphatic heterocycles. The number of urea groups is 1. The van der Waals surface area contributed by atoms with Crippen LogP contribution in [0.25, 0.3) is 0 Å². The summed E-state index contributed by atoms with van der Waals surface area (Å²) in [5.74, 6) is 1.24. The van der Waals surface area contributed by atoms with Crippen LogP contribution < -0.4 is 10.6 Å². The molecule has 1 aliphatic carbocycles. The van der Waals surface area contributed by atoms with Gasteiger partial charge in [-0.1, -0.05) is 30.3 Å². The second-order valence-corrected chi connectivity index (χ2v) is 9.07. The van der Waals surface area contributed by atoms with E-state index in [1.807, 2.05) is 36.9 Å². The van der Waals surface area contributed by atoms with Gasteiger partial charge in [0.25, 0.3) is 0 Å². The second-order valence-electron chi connectivity index (χ2n) is 8.40. The number of aromatic nitrogens is 3. The molecule has 2 unspecified atom stereocenters. The van der Waals surface area contributed by atoms with Crippen molar-refractivity contribution in [3.8, 4) is 0 Å². The van der Waals surface area contributed by atoms with Crippen molar-refractivity contribution in [2.45, 2.75) is 37.8 Å². The van der Waals surface area contributed by atoms with E-state index in [9.17, 15) is 4.79 Å². The predicted molar refractivity (Wildman–Crippen MR) is 120 cm³/mol. The molecule has 160 valence electrons. The maximum Gasteiger partial charge on any atom is 0.318 e. The molecule has 1 aromatic heterocycles. The molecule has 10 heteroatoms. The first kappa shape index (κ1) is 20.2. The van der Waals surface area contributed by atoms with Gasteiger partial charge in [0, 0.05) is 17.5 Å². The molecule has 1 fully saturated rings. The number of amides is 2. The summed E-state index contributed by atoms with van der Waals surface area (Å²) < 4.78 is 0. The van der Waals surface area contributed by atoms with Gasteiger partial charge in [0.2, 0.25) is 16.5 Å². The minimum Gasteiger partial charge on any atom is -0.335 e. The number of carbonyl (C=O) groups is 1. The molecule has 2 N–H and O–H groups in total. The topological polar surface area (TPSA) is 95.4 Å². The third-order valence-electron chi connectivity index (χ3n) is 6.16. The molecule has 3 heterocycles. The van der Waals surface area contributed by atoms with E-state index in [0.29, 0.717) is 24.8 Å². The highest BCUT2D eigenvalue weighted by atomic mass is 35.5. The van der Waals surface area contributed by atoms with Crippen LogP contribution in [0, 0.1) is 0 Å². The lowest BCUT2D eigenvalue weighted by Gasteiger charge is -2.34. The van der Waals surface area contributed by atoms with Crippen molar-refractivity contribution in [3.63, 3.8) is 0 Å². The Balaban J connectivity index is 1.27. The number of nitrogens with one attached hydrogen (secondary N) is 2. The Bertz CT molecular complexity index is 1100. The molecule has 1 saturated carbocycles. The van der Waals surface area contributed by atoms with Gasteiger partial charge < -0.3 is 15.5 Å². The fourth-order valence-corrected chi connectivity index (χ4v) is 4.70. The van der Waals surface area contributed by atoms with E-state index in [2.05, 4.69) is 42.7 Å². The monoisotopic (exact) mass is 457 g/mol. The van der Waals surface area contributed by atoms with Crippen LogP contribution in [-0.2, 0) is 0 Å². The van der Waals surface area contributed by atoms with Crippen LogP contribution in [0.1, 0.15) is 31.7 Å². The highest BCUT2D eigenvalue weighted by molar-refractivity contribution is 6.31. The van der Waals surface area contributed by atoms with E-state index in [4.69, 9.17) is 23.2 Å². The van der Waals surface area contributed by atoms with Gasteiger partial charge in [-0.2, -0.15) is 15.0 Å². The van der Waals surface area contributed by atoms with Gasteiger partial charge in [0.05, 0.1) is 18.6 Å². The van der Waals surface area contributed by atoms with Crippen molar-refractivity contribution in [2.75, 3.05) is 18.4 Å². The highest BCUT2D eigenvalue weighted by Crippen LogP contribution is 2.42. The Morgan fingerprint density at radius 2 is 1.84 bits per heavy atom. The number of hydrogen-bond donors (Lipinski definition) is 2. The summed E-state index contributed by atoms with van der Waals surface area (Å²) in [6.07, 6.45) is 0.965. The minimum absolute atomic E-state index is 0.000426. The van der Waals surface area contributed by atoms with E-state index in [1.54, 1.807) is 0 Å². The number of anilines is 1. The molecular weight excluding hydrogens is 437 g/mol. The Morgan fingerprint density at radius 3 is 2.55 bits per heavy atom. The lowest BCUT2D eigenvalue weighted by molar-refractivity contribution is 0.170. The molecule has 0 saturated heterocycles. The summed E-state index contributed by atoms with van der Waals surface area (Å²) in [6.45, 7) is 5.06. The first-order valence-electron chi connectivity index (χ1n) is 10.1. The molecule has 8 nitrogen and oxygen atoms in total. The average molecular weight is 458 g/mol. The first-order chi connectivity index (χ1) is 14.8. The zero-order valence-electron chi connectivity index (χ0n) is 17.1. The van der Waals surface area contributed by atoms with E-state index in [0.717, 1.165) is 17.6 Å². The standard InChI is InChI=1S/C21H21Cl2N7O/c1-21(2)14-9-24-16(26-19-28-17(22)27-18(23)29-19)13(14)10-30(21)20(31)25-15-8-12(15)11-6-4-3-5-7-11/h3-7,12,15H,8-10H2,1-2H3,(H,25,31)(H,24,26,27,28,29). The maximum absolute atomic E-state index is 13.1. The number of amidine groups is 1. The fourth-order valence-electron chi connectivity index (χ4n) is 4.33. The summed E-state index contributed by atoms with van der Waals surface area (Å²) >= 11 is 11.7. The zero-order valence-corrected chi connectivity index (χ0v) is 18.6. The Kier molecular flexibility index (Phi) is 4.86. The number of carbonyl (C=O) groups excluding carboxylic acids is 1. The maximum atomic E-state index is 13.1. The number of hydrogen-bond acceptors (Lipinski definition) is 6. The molecule has 0 bridgehead atoms. The van der Waals surface area contributed by atoms with Gasteiger partial charge in [-0.25, -0.2) is 4.79 Å². The fraction of sp³-hybridized carbons (Fsp3) is 0.381. The van der Waals surface area contributed by atoms with Crippen LogP contribution in [0.5, 0.6) is 0 Å². The van der Waals surface area contributed by atoms with Crippen molar-refractivity contribution in [2.24, 2.45) is 4.99 Å². The van der Waals surface area contributed by atoms with Gasteiger partial charge in [-0.15, -0.1) is 0 Å². The van der Waals surface area contributed by atoms with E-state index in [1.165, 1.54) is 5.56 Å². The third-order valence-corrected chi connectivity index (χ3v) is 6.50. The van der Waals surface area contributed by atoms with Crippen LogP contribution in [0.2, 0.25) is 10.6 Å². The largest absolute Gasteiger partial charge is 0.335 e. The van der Waals surface area contributed by atoms with Crippen LogP contribution in [-0.4, -0.2) is 56.4 Å². The van der Waals surface area contributed by atoms with E-state index < -0.39 is 5.54 Å². The summed E-state index contributed by atoms with van der Waals surface area (Å²) in [4.78, 5) is 31.4. The molecular formula is C21H21Cl2N7O. The Labute approximate surface area is 189 Å². The molecule has 0 radical (unpaired) electrons.